The maximum absolute atomic E-state index is 11.9. The number of anilines is 2. The van der Waals surface area contributed by atoms with Crippen molar-refractivity contribution in [3.05, 3.63) is 57.5 Å². The fourth-order valence-electron chi connectivity index (χ4n) is 1.61. The van der Waals surface area contributed by atoms with Crippen LogP contribution in [-0.2, 0) is 11.2 Å². The van der Waals surface area contributed by atoms with E-state index in [1.165, 1.54) is 0 Å². The van der Waals surface area contributed by atoms with E-state index in [1.54, 1.807) is 30.3 Å². The molecule has 19 heavy (non-hydrogen) atoms. The summed E-state index contributed by atoms with van der Waals surface area (Å²) in [5, 5.41) is 3.39. The van der Waals surface area contributed by atoms with Crippen molar-refractivity contribution in [2.24, 2.45) is 0 Å². The second-order valence-electron chi connectivity index (χ2n) is 4.09. The highest BCUT2D eigenvalue weighted by Crippen LogP contribution is 2.26. The third-order valence-corrected chi connectivity index (χ3v) is 3.47. The minimum Gasteiger partial charge on any atom is -0.399 e. The van der Waals surface area contributed by atoms with Crippen LogP contribution in [0.2, 0.25) is 5.02 Å². The Kier molecular flexibility index (Phi) is 4.45. The second-order valence-corrected chi connectivity index (χ2v) is 5.38. The highest BCUT2D eigenvalue weighted by molar-refractivity contribution is 9.10. The van der Waals surface area contributed by atoms with E-state index in [0.717, 1.165) is 10.0 Å². The van der Waals surface area contributed by atoms with E-state index in [9.17, 15) is 4.79 Å². The zero-order valence-corrected chi connectivity index (χ0v) is 12.3. The molecule has 0 aromatic heterocycles. The molecule has 2 aromatic carbocycles. The van der Waals surface area contributed by atoms with Crippen LogP contribution < -0.4 is 11.1 Å². The molecule has 5 heteroatoms. The molecule has 98 valence electrons. The standard InChI is InChI=1S/C14H12BrClN2O/c15-12-6-3-10(16)8-13(12)18-14(19)7-9-1-4-11(17)5-2-9/h1-6,8H,7,17H2,(H,18,19). The molecule has 0 aliphatic carbocycles. The van der Waals surface area contributed by atoms with Crippen LogP contribution in [0.3, 0.4) is 0 Å². The van der Waals surface area contributed by atoms with Gasteiger partial charge in [-0.25, -0.2) is 0 Å². The van der Waals surface area contributed by atoms with Gasteiger partial charge in [0, 0.05) is 15.2 Å². The van der Waals surface area contributed by atoms with Gasteiger partial charge in [-0.3, -0.25) is 4.79 Å². The maximum atomic E-state index is 11.9. The Hall–Kier alpha value is -1.52. The molecule has 0 heterocycles. The predicted molar refractivity (Wildman–Crippen MR) is 82.3 cm³/mol. The molecule has 1 amide bonds. The number of rotatable bonds is 3. The van der Waals surface area contributed by atoms with E-state index >= 15 is 0 Å². The Bertz CT molecular complexity index is 599. The van der Waals surface area contributed by atoms with E-state index in [1.807, 2.05) is 12.1 Å². The molecule has 0 bridgehead atoms. The molecule has 0 aliphatic heterocycles. The molecule has 2 rings (SSSR count). The van der Waals surface area contributed by atoms with Crippen LogP contribution in [-0.4, -0.2) is 5.91 Å². The van der Waals surface area contributed by atoms with Gasteiger partial charge in [0.15, 0.2) is 0 Å². The van der Waals surface area contributed by atoms with Crippen LogP contribution in [0.1, 0.15) is 5.56 Å². The SMILES string of the molecule is Nc1ccc(CC(=O)Nc2cc(Cl)ccc2Br)cc1. The number of halogens is 2. The zero-order valence-electron chi connectivity index (χ0n) is 9.99. The summed E-state index contributed by atoms with van der Waals surface area (Å²) in [7, 11) is 0. The van der Waals surface area contributed by atoms with Gasteiger partial charge in [-0.15, -0.1) is 0 Å². The average molecular weight is 340 g/mol. The zero-order chi connectivity index (χ0) is 13.8. The number of hydrogen-bond acceptors (Lipinski definition) is 2. The van der Waals surface area contributed by atoms with Gasteiger partial charge in [0.2, 0.25) is 5.91 Å². The Morgan fingerprint density at radius 3 is 2.58 bits per heavy atom. The van der Waals surface area contributed by atoms with Crippen molar-refractivity contribution in [1.82, 2.24) is 0 Å². The lowest BCUT2D eigenvalue weighted by molar-refractivity contribution is -0.115. The number of hydrogen-bond donors (Lipinski definition) is 2. The Morgan fingerprint density at radius 1 is 1.21 bits per heavy atom. The van der Waals surface area contributed by atoms with Crippen molar-refractivity contribution in [2.45, 2.75) is 6.42 Å². The van der Waals surface area contributed by atoms with E-state index < -0.39 is 0 Å². The van der Waals surface area contributed by atoms with E-state index in [4.69, 9.17) is 17.3 Å². The number of nitrogens with one attached hydrogen (secondary N) is 1. The molecule has 0 atom stereocenters. The predicted octanol–water partition coefficient (Wildman–Crippen LogP) is 3.87. The van der Waals surface area contributed by atoms with Crippen LogP contribution in [0, 0.1) is 0 Å². The minimum atomic E-state index is -0.104. The summed E-state index contributed by atoms with van der Waals surface area (Å²) < 4.78 is 0.794. The Balaban J connectivity index is 2.05. The lowest BCUT2D eigenvalue weighted by Crippen LogP contribution is -2.14. The van der Waals surface area contributed by atoms with Gasteiger partial charge >= 0.3 is 0 Å². The van der Waals surface area contributed by atoms with Crippen molar-refractivity contribution in [3.63, 3.8) is 0 Å². The van der Waals surface area contributed by atoms with Crippen LogP contribution in [0.25, 0.3) is 0 Å². The van der Waals surface area contributed by atoms with Crippen molar-refractivity contribution >= 4 is 44.8 Å². The van der Waals surface area contributed by atoms with E-state index in [2.05, 4.69) is 21.2 Å². The molecule has 0 unspecified atom stereocenters. The summed E-state index contributed by atoms with van der Waals surface area (Å²) in [5.74, 6) is -0.104. The highest BCUT2D eigenvalue weighted by Gasteiger charge is 2.07. The number of carbonyl (C=O) groups is 1. The van der Waals surface area contributed by atoms with Gasteiger partial charge in [0.1, 0.15) is 0 Å². The normalized spacial score (nSPS) is 10.2. The number of benzene rings is 2. The summed E-state index contributed by atoms with van der Waals surface area (Å²) in [5.41, 5.74) is 7.85. The first-order chi connectivity index (χ1) is 9.04. The van der Waals surface area contributed by atoms with Crippen LogP contribution in [0.15, 0.2) is 46.9 Å². The lowest BCUT2D eigenvalue weighted by atomic mass is 10.1. The molecule has 0 aliphatic rings. The number of nitrogen functional groups attached to an aromatic ring is 1. The minimum absolute atomic E-state index is 0.104. The smallest absolute Gasteiger partial charge is 0.228 e. The molecule has 0 saturated carbocycles. The van der Waals surface area contributed by atoms with Crippen molar-refractivity contribution in [2.75, 3.05) is 11.1 Å². The molecule has 2 aromatic rings. The molecule has 0 radical (unpaired) electrons. The molecular formula is C14H12BrClN2O. The van der Waals surface area contributed by atoms with Crippen molar-refractivity contribution in [3.8, 4) is 0 Å². The fraction of sp³-hybridized carbons (Fsp3) is 0.0714. The summed E-state index contributed by atoms with van der Waals surface area (Å²) in [6.07, 6.45) is 0.291. The topological polar surface area (TPSA) is 55.1 Å². The monoisotopic (exact) mass is 338 g/mol. The van der Waals surface area contributed by atoms with Crippen LogP contribution in [0.5, 0.6) is 0 Å². The average Bonchev–Trinajstić information content (AvgIpc) is 2.37. The van der Waals surface area contributed by atoms with Gasteiger partial charge in [0.25, 0.3) is 0 Å². The summed E-state index contributed by atoms with van der Waals surface area (Å²) in [4.78, 5) is 11.9. The molecule has 3 nitrogen and oxygen atoms in total. The molecular weight excluding hydrogens is 328 g/mol. The summed E-state index contributed by atoms with van der Waals surface area (Å²) in [6.45, 7) is 0. The third kappa shape index (κ3) is 3.98. The molecule has 3 N–H and O–H groups in total. The van der Waals surface area contributed by atoms with Crippen molar-refractivity contribution in [1.29, 1.82) is 0 Å². The number of amides is 1. The highest BCUT2D eigenvalue weighted by atomic mass is 79.9. The first-order valence-electron chi connectivity index (χ1n) is 5.64. The van der Waals surface area contributed by atoms with E-state index in [0.29, 0.717) is 22.8 Å². The fourth-order valence-corrected chi connectivity index (χ4v) is 2.13. The number of nitrogens with two attached hydrogens (primary N) is 1. The largest absolute Gasteiger partial charge is 0.399 e. The van der Waals surface area contributed by atoms with Gasteiger partial charge in [-0.2, -0.15) is 0 Å². The first kappa shape index (κ1) is 13.9. The third-order valence-electron chi connectivity index (χ3n) is 2.55. The number of carbonyl (C=O) groups excluding carboxylic acids is 1. The Labute approximate surface area is 124 Å². The summed E-state index contributed by atoms with van der Waals surface area (Å²) in [6, 6.07) is 12.5. The first-order valence-corrected chi connectivity index (χ1v) is 6.81. The van der Waals surface area contributed by atoms with Crippen LogP contribution >= 0.6 is 27.5 Å². The molecule has 0 spiro atoms. The van der Waals surface area contributed by atoms with Crippen LogP contribution in [0.4, 0.5) is 11.4 Å². The van der Waals surface area contributed by atoms with Crippen molar-refractivity contribution < 1.29 is 4.79 Å². The lowest BCUT2D eigenvalue weighted by Gasteiger charge is -2.08. The van der Waals surface area contributed by atoms with Gasteiger partial charge in [0.05, 0.1) is 12.1 Å². The molecule has 0 saturated heterocycles. The quantitative estimate of drug-likeness (QED) is 0.834. The second kappa shape index (κ2) is 6.08. The van der Waals surface area contributed by atoms with Gasteiger partial charge in [-0.1, -0.05) is 23.7 Å². The Morgan fingerprint density at radius 2 is 1.89 bits per heavy atom. The van der Waals surface area contributed by atoms with Gasteiger partial charge < -0.3 is 11.1 Å². The van der Waals surface area contributed by atoms with E-state index in [-0.39, 0.29) is 5.91 Å². The summed E-state index contributed by atoms with van der Waals surface area (Å²) >= 11 is 9.26. The maximum Gasteiger partial charge on any atom is 0.228 e. The van der Waals surface area contributed by atoms with Gasteiger partial charge in [-0.05, 0) is 51.8 Å². The molecule has 0 fully saturated rings.